The summed E-state index contributed by atoms with van der Waals surface area (Å²) in [5, 5.41) is 21.8. The highest BCUT2D eigenvalue weighted by Crippen LogP contribution is 2.47. The fraction of sp³-hybridized carbons (Fsp3) is 0.154. The first kappa shape index (κ1) is 22.0. The molecule has 1 saturated heterocycles. The van der Waals surface area contributed by atoms with Gasteiger partial charge >= 0.3 is 0 Å². The van der Waals surface area contributed by atoms with Gasteiger partial charge in [0.25, 0.3) is 11.7 Å². The Kier molecular flexibility index (Phi) is 5.79. The average molecular weight is 445 g/mol. The van der Waals surface area contributed by atoms with E-state index in [0.717, 1.165) is 0 Å². The zero-order valence-electron chi connectivity index (χ0n) is 18.4. The third-order valence-electron chi connectivity index (χ3n) is 5.71. The second kappa shape index (κ2) is 8.70. The summed E-state index contributed by atoms with van der Waals surface area (Å²) < 4.78 is 10.7. The second-order valence-corrected chi connectivity index (χ2v) is 7.58. The topological polar surface area (TPSA) is 96.3 Å². The number of hydrogen-bond acceptors (Lipinski definition) is 6. The highest BCUT2D eigenvalue weighted by Gasteiger charge is 2.48. The molecule has 1 unspecified atom stereocenters. The lowest BCUT2D eigenvalue weighted by Crippen LogP contribution is -2.29. The van der Waals surface area contributed by atoms with Crippen molar-refractivity contribution in [2.24, 2.45) is 0 Å². The van der Waals surface area contributed by atoms with E-state index in [9.17, 15) is 19.8 Å². The van der Waals surface area contributed by atoms with Crippen molar-refractivity contribution in [1.29, 1.82) is 0 Å². The molecule has 1 heterocycles. The van der Waals surface area contributed by atoms with Gasteiger partial charge < -0.3 is 19.7 Å². The van der Waals surface area contributed by atoms with E-state index in [0.29, 0.717) is 28.2 Å². The molecule has 0 aliphatic carbocycles. The van der Waals surface area contributed by atoms with Crippen LogP contribution in [0.3, 0.4) is 0 Å². The molecule has 1 fully saturated rings. The number of aliphatic hydroxyl groups is 1. The van der Waals surface area contributed by atoms with Crippen molar-refractivity contribution in [3.8, 4) is 17.2 Å². The summed E-state index contributed by atoms with van der Waals surface area (Å²) in [5.41, 5.74) is 1.61. The maximum absolute atomic E-state index is 13.3. The molecule has 1 aliphatic rings. The molecule has 33 heavy (non-hydrogen) atoms. The van der Waals surface area contributed by atoms with Gasteiger partial charge in [0.15, 0.2) is 0 Å². The van der Waals surface area contributed by atoms with Gasteiger partial charge in [0, 0.05) is 11.1 Å². The number of hydrogen-bond donors (Lipinski definition) is 2. The summed E-state index contributed by atoms with van der Waals surface area (Å²) in [6, 6.07) is 17.2. The Labute approximate surface area is 191 Å². The van der Waals surface area contributed by atoms with Crippen LogP contribution in [0.5, 0.6) is 17.2 Å². The third kappa shape index (κ3) is 3.67. The van der Waals surface area contributed by atoms with Gasteiger partial charge in [-0.25, -0.2) is 0 Å². The maximum Gasteiger partial charge on any atom is 0.300 e. The average Bonchev–Trinajstić information content (AvgIpc) is 3.09. The fourth-order valence-electron chi connectivity index (χ4n) is 4.11. The summed E-state index contributed by atoms with van der Waals surface area (Å²) in [6.07, 6.45) is 0. The third-order valence-corrected chi connectivity index (χ3v) is 5.71. The number of aryl methyl sites for hydroxylation is 1. The highest BCUT2D eigenvalue weighted by atomic mass is 16.5. The molecule has 168 valence electrons. The van der Waals surface area contributed by atoms with E-state index in [1.54, 1.807) is 67.6 Å². The Balaban J connectivity index is 2.01. The van der Waals surface area contributed by atoms with E-state index in [1.807, 2.05) is 0 Å². The van der Waals surface area contributed by atoms with E-state index >= 15 is 0 Å². The number of ether oxygens (including phenoxy) is 2. The van der Waals surface area contributed by atoms with Crippen LogP contribution < -0.4 is 14.4 Å². The standard InChI is InChI=1S/C26H23NO6/c1-15-14-16(32-2)12-13-17(15)24(29)22-23(18-8-4-7-11-21(18)33-3)27(26(31)25(22)30)19-9-5-6-10-20(19)28/h4-14,23,28-29H,1-3H3/b24-22+. The normalized spacial score (nSPS) is 17.3. The molecule has 1 atom stereocenters. The molecule has 7 heteroatoms. The molecule has 0 spiro atoms. The van der Waals surface area contributed by atoms with Gasteiger partial charge in [0.05, 0.1) is 31.5 Å². The van der Waals surface area contributed by atoms with Crippen LogP contribution in [0.1, 0.15) is 22.7 Å². The lowest BCUT2D eigenvalue weighted by molar-refractivity contribution is -0.132. The molecule has 4 rings (SSSR count). The number of nitrogens with zero attached hydrogens (tertiary/aromatic N) is 1. The highest BCUT2D eigenvalue weighted by molar-refractivity contribution is 6.52. The number of para-hydroxylation sites is 3. The van der Waals surface area contributed by atoms with Crippen LogP contribution in [-0.2, 0) is 9.59 Å². The number of carbonyl (C=O) groups is 2. The predicted molar refractivity (Wildman–Crippen MR) is 124 cm³/mol. The van der Waals surface area contributed by atoms with Gasteiger partial charge in [-0.15, -0.1) is 0 Å². The Morgan fingerprint density at radius 1 is 0.939 bits per heavy atom. The predicted octanol–water partition coefficient (Wildman–Crippen LogP) is 4.34. The van der Waals surface area contributed by atoms with Crippen molar-refractivity contribution in [2.75, 3.05) is 19.1 Å². The SMILES string of the molecule is COc1ccc(/C(O)=C2\C(=O)C(=O)N(c3ccccc3O)C2c2ccccc2OC)c(C)c1. The molecule has 0 radical (unpaired) electrons. The Hall–Kier alpha value is -4.26. The van der Waals surface area contributed by atoms with Crippen molar-refractivity contribution >= 4 is 23.1 Å². The van der Waals surface area contributed by atoms with E-state index in [2.05, 4.69) is 0 Å². The summed E-state index contributed by atoms with van der Waals surface area (Å²) in [7, 11) is 3.02. The lowest BCUT2D eigenvalue weighted by atomic mass is 9.93. The van der Waals surface area contributed by atoms with Crippen LogP contribution in [-0.4, -0.2) is 36.1 Å². The molecule has 3 aromatic rings. The summed E-state index contributed by atoms with van der Waals surface area (Å²) in [4.78, 5) is 27.7. The van der Waals surface area contributed by atoms with Gasteiger partial charge in [-0.2, -0.15) is 0 Å². The van der Waals surface area contributed by atoms with Crippen LogP contribution in [0.25, 0.3) is 5.76 Å². The minimum Gasteiger partial charge on any atom is -0.507 e. The fourth-order valence-corrected chi connectivity index (χ4v) is 4.11. The van der Waals surface area contributed by atoms with Crippen LogP contribution in [0.4, 0.5) is 5.69 Å². The molecule has 3 aromatic carbocycles. The van der Waals surface area contributed by atoms with E-state index in [4.69, 9.17) is 9.47 Å². The first-order valence-electron chi connectivity index (χ1n) is 10.3. The Morgan fingerprint density at radius 2 is 1.64 bits per heavy atom. The van der Waals surface area contributed by atoms with Crippen LogP contribution in [0.15, 0.2) is 72.3 Å². The number of ketones is 1. The number of phenolic OH excluding ortho intramolecular Hbond substituents is 1. The second-order valence-electron chi connectivity index (χ2n) is 7.58. The summed E-state index contributed by atoms with van der Waals surface area (Å²) in [5.74, 6) is -1.17. The van der Waals surface area contributed by atoms with Crippen LogP contribution in [0, 0.1) is 6.92 Å². The van der Waals surface area contributed by atoms with Crippen molar-refractivity contribution in [2.45, 2.75) is 13.0 Å². The number of aliphatic hydroxyl groups excluding tert-OH is 1. The Morgan fingerprint density at radius 3 is 2.30 bits per heavy atom. The Bertz CT molecular complexity index is 1280. The van der Waals surface area contributed by atoms with Crippen molar-refractivity contribution in [1.82, 2.24) is 0 Å². The maximum atomic E-state index is 13.3. The van der Waals surface area contributed by atoms with Gasteiger partial charge in [-0.1, -0.05) is 30.3 Å². The van der Waals surface area contributed by atoms with Crippen LogP contribution >= 0.6 is 0 Å². The monoisotopic (exact) mass is 445 g/mol. The number of carbonyl (C=O) groups excluding carboxylic acids is 2. The van der Waals surface area contributed by atoms with Gasteiger partial charge in [-0.05, 0) is 48.9 Å². The molecule has 1 aliphatic heterocycles. The molecule has 7 nitrogen and oxygen atoms in total. The quantitative estimate of drug-likeness (QED) is 0.345. The number of Topliss-reactive ketones (excluding diaryl/α,β-unsaturated/α-hetero) is 1. The first-order valence-corrected chi connectivity index (χ1v) is 10.3. The van der Waals surface area contributed by atoms with Gasteiger partial charge in [0.2, 0.25) is 0 Å². The van der Waals surface area contributed by atoms with Gasteiger partial charge in [-0.3, -0.25) is 14.5 Å². The summed E-state index contributed by atoms with van der Waals surface area (Å²) >= 11 is 0. The molecular weight excluding hydrogens is 422 g/mol. The lowest BCUT2D eigenvalue weighted by Gasteiger charge is -2.27. The number of rotatable bonds is 5. The molecule has 2 N–H and O–H groups in total. The molecule has 0 bridgehead atoms. The first-order chi connectivity index (χ1) is 15.9. The van der Waals surface area contributed by atoms with Crippen molar-refractivity contribution < 1.29 is 29.3 Å². The largest absolute Gasteiger partial charge is 0.507 e. The number of phenols is 1. The smallest absolute Gasteiger partial charge is 0.300 e. The molecule has 0 saturated carbocycles. The molecule has 1 amide bonds. The van der Waals surface area contributed by atoms with E-state index < -0.39 is 17.7 Å². The minimum atomic E-state index is -1.02. The van der Waals surface area contributed by atoms with Crippen molar-refractivity contribution in [3.05, 3.63) is 89.0 Å². The van der Waals surface area contributed by atoms with Crippen LogP contribution in [0.2, 0.25) is 0 Å². The number of anilines is 1. The number of benzene rings is 3. The molecular formula is C26H23NO6. The van der Waals surface area contributed by atoms with Gasteiger partial charge in [0.1, 0.15) is 23.0 Å². The minimum absolute atomic E-state index is 0.0963. The molecule has 0 aromatic heterocycles. The van der Waals surface area contributed by atoms with E-state index in [-0.39, 0.29) is 22.8 Å². The number of aromatic hydroxyl groups is 1. The van der Waals surface area contributed by atoms with E-state index in [1.165, 1.54) is 25.2 Å². The number of methoxy groups -OCH3 is 2. The zero-order valence-corrected chi connectivity index (χ0v) is 18.4. The zero-order chi connectivity index (χ0) is 23.7. The summed E-state index contributed by atoms with van der Waals surface area (Å²) in [6.45, 7) is 1.77. The van der Waals surface area contributed by atoms with Crippen molar-refractivity contribution in [3.63, 3.8) is 0 Å². The number of amides is 1.